The van der Waals surface area contributed by atoms with Crippen LogP contribution in [-0.2, 0) is 0 Å². The number of anilines is 1. The Morgan fingerprint density at radius 2 is 1.48 bits per heavy atom. The summed E-state index contributed by atoms with van der Waals surface area (Å²) in [6.07, 6.45) is 1.85. The standard InChI is InChI=1S/C19H25NO3/c1-14-10-15(2)12-17(11-14)22-8-4-5-9-23-18-7-6-16(20)13-19(18)21-3/h6-7,10-13H,4-5,8-9,20H2,1-3H3. The predicted octanol–water partition coefficient (Wildman–Crippen LogP) is 4.13. The Morgan fingerprint density at radius 3 is 2.13 bits per heavy atom. The molecule has 0 bridgehead atoms. The minimum atomic E-state index is 0.622. The predicted molar refractivity (Wildman–Crippen MR) is 93.5 cm³/mol. The number of rotatable bonds is 8. The van der Waals surface area contributed by atoms with Crippen LogP contribution in [0.2, 0.25) is 0 Å². The lowest BCUT2D eigenvalue weighted by Crippen LogP contribution is -2.03. The highest BCUT2D eigenvalue weighted by Gasteiger charge is 2.04. The van der Waals surface area contributed by atoms with Gasteiger partial charge in [0.1, 0.15) is 5.75 Å². The van der Waals surface area contributed by atoms with Crippen molar-refractivity contribution in [3.63, 3.8) is 0 Å². The molecule has 0 radical (unpaired) electrons. The van der Waals surface area contributed by atoms with Gasteiger partial charge in [0.2, 0.25) is 0 Å². The van der Waals surface area contributed by atoms with Crippen molar-refractivity contribution in [3.05, 3.63) is 47.5 Å². The minimum absolute atomic E-state index is 0.622. The summed E-state index contributed by atoms with van der Waals surface area (Å²) in [6, 6.07) is 11.7. The van der Waals surface area contributed by atoms with Gasteiger partial charge in [0.15, 0.2) is 11.5 Å². The van der Waals surface area contributed by atoms with E-state index < -0.39 is 0 Å². The molecule has 0 unspecified atom stereocenters. The second kappa shape index (κ2) is 8.32. The van der Waals surface area contributed by atoms with Gasteiger partial charge in [-0.3, -0.25) is 0 Å². The Kier molecular flexibility index (Phi) is 6.15. The number of nitrogen functional groups attached to an aromatic ring is 1. The van der Waals surface area contributed by atoms with E-state index in [1.54, 1.807) is 19.2 Å². The summed E-state index contributed by atoms with van der Waals surface area (Å²) in [5, 5.41) is 0. The molecule has 0 aromatic heterocycles. The van der Waals surface area contributed by atoms with Gasteiger partial charge in [0.25, 0.3) is 0 Å². The number of methoxy groups -OCH3 is 1. The van der Waals surface area contributed by atoms with Crippen LogP contribution in [0, 0.1) is 13.8 Å². The molecule has 0 aliphatic rings. The number of ether oxygens (including phenoxy) is 3. The Labute approximate surface area is 138 Å². The molecule has 2 rings (SSSR count). The van der Waals surface area contributed by atoms with Crippen LogP contribution >= 0.6 is 0 Å². The fourth-order valence-corrected chi connectivity index (χ4v) is 2.40. The van der Waals surface area contributed by atoms with Crippen LogP contribution in [0.1, 0.15) is 24.0 Å². The molecule has 0 spiro atoms. The van der Waals surface area contributed by atoms with Crippen LogP contribution in [0.15, 0.2) is 36.4 Å². The molecule has 0 aliphatic heterocycles. The number of benzene rings is 2. The van der Waals surface area contributed by atoms with E-state index >= 15 is 0 Å². The van der Waals surface area contributed by atoms with Crippen LogP contribution in [0.5, 0.6) is 17.2 Å². The van der Waals surface area contributed by atoms with Crippen molar-refractivity contribution in [3.8, 4) is 17.2 Å². The number of hydrogen-bond acceptors (Lipinski definition) is 4. The van der Waals surface area contributed by atoms with Crippen molar-refractivity contribution >= 4 is 5.69 Å². The van der Waals surface area contributed by atoms with Crippen LogP contribution in [-0.4, -0.2) is 20.3 Å². The lowest BCUT2D eigenvalue weighted by Gasteiger charge is -2.11. The molecule has 0 atom stereocenters. The van der Waals surface area contributed by atoms with Gasteiger partial charge in [0, 0.05) is 11.8 Å². The fourth-order valence-electron chi connectivity index (χ4n) is 2.40. The third-order valence-corrected chi connectivity index (χ3v) is 3.45. The van der Waals surface area contributed by atoms with E-state index in [1.165, 1.54) is 11.1 Å². The van der Waals surface area contributed by atoms with Gasteiger partial charge in [-0.2, -0.15) is 0 Å². The first-order chi connectivity index (χ1) is 11.1. The van der Waals surface area contributed by atoms with E-state index in [4.69, 9.17) is 19.9 Å². The normalized spacial score (nSPS) is 10.4. The van der Waals surface area contributed by atoms with Gasteiger partial charge >= 0.3 is 0 Å². The molecular weight excluding hydrogens is 290 g/mol. The Bertz CT molecular complexity index is 620. The fraction of sp³-hybridized carbons (Fsp3) is 0.368. The monoisotopic (exact) mass is 315 g/mol. The summed E-state index contributed by atoms with van der Waals surface area (Å²) in [6.45, 7) is 5.46. The van der Waals surface area contributed by atoms with Crippen molar-refractivity contribution in [2.75, 3.05) is 26.1 Å². The van der Waals surface area contributed by atoms with Gasteiger partial charge in [-0.1, -0.05) is 6.07 Å². The van der Waals surface area contributed by atoms with Crippen molar-refractivity contribution in [1.82, 2.24) is 0 Å². The summed E-state index contributed by atoms with van der Waals surface area (Å²) in [5.41, 5.74) is 8.83. The number of hydrogen-bond donors (Lipinski definition) is 1. The molecule has 0 aliphatic carbocycles. The van der Waals surface area contributed by atoms with Crippen LogP contribution < -0.4 is 19.9 Å². The molecule has 4 heteroatoms. The van der Waals surface area contributed by atoms with Crippen molar-refractivity contribution in [2.24, 2.45) is 0 Å². The van der Waals surface area contributed by atoms with E-state index in [0.717, 1.165) is 24.3 Å². The molecule has 4 nitrogen and oxygen atoms in total. The summed E-state index contributed by atoms with van der Waals surface area (Å²) in [4.78, 5) is 0. The first kappa shape index (κ1) is 17.0. The highest BCUT2D eigenvalue weighted by Crippen LogP contribution is 2.29. The lowest BCUT2D eigenvalue weighted by atomic mass is 10.1. The summed E-state index contributed by atoms with van der Waals surface area (Å²) in [5.74, 6) is 2.32. The van der Waals surface area contributed by atoms with Gasteiger partial charge in [-0.25, -0.2) is 0 Å². The second-order valence-electron chi connectivity index (χ2n) is 5.64. The van der Waals surface area contributed by atoms with Crippen LogP contribution in [0.3, 0.4) is 0 Å². The molecule has 0 saturated heterocycles. The molecule has 23 heavy (non-hydrogen) atoms. The highest BCUT2D eigenvalue weighted by atomic mass is 16.5. The van der Waals surface area contributed by atoms with Gasteiger partial charge in [0.05, 0.1) is 20.3 Å². The maximum atomic E-state index is 5.78. The molecular formula is C19H25NO3. The van der Waals surface area contributed by atoms with Crippen molar-refractivity contribution in [2.45, 2.75) is 26.7 Å². The SMILES string of the molecule is COc1cc(N)ccc1OCCCCOc1cc(C)cc(C)c1. The van der Waals surface area contributed by atoms with E-state index in [0.29, 0.717) is 24.7 Å². The number of nitrogens with two attached hydrogens (primary N) is 1. The third kappa shape index (κ3) is 5.40. The second-order valence-corrected chi connectivity index (χ2v) is 5.64. The van der Waals surface area contributed by atoms with E-state index in [2.05, 4.69) is 32.0 Å². The zero-order valence-electron chi connectivity index (χ0n) is 14.1. The lowest BCUT2D eigenvalue weighted by molar-refractivity contribution is 0.258. The zero-order valence-corrected chi connectivity index (χ0v) is 14.1. The molecule has 2 N–H and O–H groups in total. The molecule has 0 amide bonds. The summed E-state index contributed by atoms with van der Waals surface area (Å²) >= 11 is 0. The first-order valence-corrected chi connectivity index (χ1v) is 7.86. The zero-order chi connectivity index (χ0) is 16.7. The van der Waals surface area contributed by atoms with Crippen molar-refractivity contribution < 1.29 is 14.2 Å². The molecule has 2 aromatic carbocycles. The Hall–Kier alpha value is -2.36. The number of unbranched alkanes of at least 4 members (excludes halogenated alkanes) is 1. The molecule has 124 valence electrons. The third-order valence-electron chi connectivity index (χ3n) is 3.45. The topological polar surface area (TPSA) is 53.7 Å². The summed E-state index contributed by atoms with van der Waals surface area (Å²) < 4.78 is 16.8. The largest absolute Gasteiger partial charge is 0.494 e. The summed E-state index contributed by atoms with van der Waals surface area (Å²) in [7, 11) is 1.61. The average Bonchev–Trinajstić information content (AvgIpc) is 2.50. The highest BCUT2D eigenvalue weighted by molar-refractivity contribution is 5.51. The van der Waals surface area contributed by atoms with E-state index in [1.807, 2.05) is 6.07 Å². The molecule has 0 saturated carbocycles. The van der Waals surface area contributed by atoms with Gasteiger partial charge in [-0.15, -0.1) is 0 Å². The van der Waals surface area contributed by atoms with Crippen LogP contribution in [0.4, 0.5) is 5.69 Å². The average molecular weight is 315 g/mol. The molecule has 0 heterocycles. The van der Waals surface area contributed by atoms with Gasteiger partial charge < -0.3 is 19.9 Å². The molecule has 0 fully saturated rings. The van der Waals surface area contributed by atoms with Gasteiger partial charge in [-0.05, 0) is 62.1 Å². The van der Waals surface area contributed by atoms with E-state index in [9.17, 15) is 0 Å². The molecule has 2 aromatic rings. The smallest absolute Gasteiger partial charge is 0.162 e. The Balaban J connectivity index is 1.70. The van der Waals surface area contributed by atoms with Crippen LogP contribution in [0.25, 0.3) is 0 Å². The Morgan fingerprint density at radius 1 is 0.826 bits per heavy atom. The first-order valence-electron chi connectivity index (χ1n) is 7.86. The van der Waals surface area contributed by atoms with E-state index in [-0.39, 0.29) is 0 Å². The maximum absolute atomic E-state index is 5.78. The quantitative estimate of drug-likeness (QED) is 0.588. The number of aryl methyl sites for hydroxylation is 2. The van der Waals surface area contributed by atoms with Crippen molar-refractivity contribution in [1.29, 1.82) is 0 Å². The minimum Gasteiger partial charge on any atom is -0.494 e. The maximum Gasteiger partial charge on any atom is 0.162 e.